The number of carbonyl (C=O) groups excluding carboxylic acids is 1. The van der Waals surface area contributed by atoms with Crippen molar-refractivity contribution in [2.45, 2.75) is 12.5 Å². The molecule has 24 heavy (non-hydrogen) atoms. The second-order valence-electron chi connectivity index (χ2n) is 5.90. The van der Waals surface area contributed by atoms with Gasteiger partial charge in [0.25, 0.3) is 5.91 Å². The van der Waals surface area contributed by atoms with Gasteiger partial charge in [-0.15, -0.1) is 0 Å². The van der Waals surface area contributed by atoms with Gasteiger partial charge in [0.15, 0.2) is 5.82 Å². The lowest BCUT2D eigenvalue weighted by Gasteiger charge is -2.36. The summed E-state index contributed by atoms with van der Waals surface area (Å²) in [5.74, 6) is -2.13. The van der Waals surface area contributed by atoms with Crippen LogP contribution < -0.4 is 0 Å². The van der Waals surface area contributed by atoms with Gasteiger partial charge in [-0.3, -0.25) is 4.79 Å². The summed E-state index contributed by atoms with van der Waals surface area (Å²) in [6.45, 7) is 1.37. The van der Waals surface area contributed by atoms with Gasteiger partial charge in [0.1, 0.15) is 11.5 Å². The highest BCUT2D eigenvalue weighted by molar-refractivity contribution is 6.35. The van der Waals surface area contributed by atoms with Gasteiger partial charge in [0.05, 0.1) is 28.6 Å². The molecule has 0 bridgehead atoms. The van der Waals surface area contributed by atoms with Crippen molar-refractivity contribution in [3.05, 3.63) is 34.5 Å². The summed E-state index contributed by atoms with van der Waals surface area (Å²) in [5.41, 5.74) is 0.0194. The van der Waals surface area contributed by atoms with Gasteiger partial charge in [-0.2, -0.15) is 0 Å². The maximum Gasteiger partial charge on any atom is 0.273 e. The molecule has 128 valence electrons. The van der Waals surface area contributed by atoms with E-state index in [1.807, 2.05) is 0 Å². The number of aromatic nitrogens is 1. The Morgan fingerprint density at radius 3 is 2.96 bits per heavy atom. The number of fused-ring (bicyclic) bond motifs is 2. The van der Waals surface area contributed by atoms with Gasteiger partial charge in [0.2, 0.25) is 6.41 Å². The van der Waals surface area contributed by atoms with Crippen LogP contribution in [0.1, 0.15) is 10.5 Å². The number of carbonyl (C=O) groups is 1. The third kappa shape index (κ3) is 2.29. The van der Waals surface area contributed by atoms with E-state index in [4.69, 9.17) is 16.3 Å². The molecule has 0 aliphatic carbocycles. The Bertz CT molecular complexity index is 828. The molecule has 2 unspecified atom stereocenters. The van der Waals surface area contributed by atoms with Gasteiger partial charge in [-0.1, -0.05) is 11.6 Å². The molecule has 0 spiro atoms. The Balaban J connectivity index is 1.64. The normalized spacial score (nSPS) is 24.6. The van der Waals surface area contributed by atoms with E-state index < -0.39 is 24.0 Å². The van der Waals surface area contributed by atoms with Crippen LogP contribution in [-0.4, -0.2) is 64.5 Å². The lowest BCUT2D eigenvalue weighted by Crippen LogP contribution is -2.54. The van der Waals surface area contributed by atoms with Crippen LogP contribution in [0.25, 0.3) is 10.9 Å². The number of hydrogen-bond donors (Lipinski definition) is 2. The first-order valence-corrected chi connectivity index (χ1v) is 7.85. The molecule has 2 atom stereocenters. The summed E-state index contributed by atoms with van der Waals surface area (Å²) in [4.78, 5) is 18.6. The van der Waals surface area contributed by atoms with Gasteiger partial charge >= 0.3 is 0 Å². The third-order valence-electron chi connectivity index (χ3n) is 4.54. The second kappa shape index (κ2) is 5.66. The molecule has 0 radical (unpaired) electrons. The fraction of sp³-hybridized carbons (Fsp3) is 0.400. The molecular weight excluding hydrogens is 344 g/mol. The van der Waals surface area contributed by atoms with Crippen LogP contribution in [-0.2, 0) is 4.74 Å². The zero-order valence-corrected chi connectivity index (χ0v) is 13.2. The molecule has 4 rings (SSSR count). The SMILES string of the molecule is O=C(c1[nH]c2ccc(F)c(Cl)c2c1F)N1CCN2C(COC2O)C1. The number of hydrogen-bond acceptors (Lipinski definition) is 4. The number of amides is 1. The molecule has 2 N–H and O–H groups in total. The minimum absolute atomic E-state index is 0.127. The van der Waals surface area contributed by atoms with Gasteiger partial charge < -0.3 is 19.7 Å². The first-order valence-electron chi connectivity index (χ1n) is 7.47. The Labute approximate surface area is 140 Å². The monoisotopic (exact) mass is 357 g/mol. The van der Waals surface area contributed by atoms with E-state index in [0.717, 1.165) is 6.07 Å². The number of aromatic amines is 1. The predicted octanol–water partition coefficient (Wildman–Crippen LogP) is 1.53. The molecule has 0 saturated carbocycles. The van der Waals surface area contributed by atoms with E-state index >= 15 is 0 Å². The van der Waals surface area contributed by atoms with Crippen molar-refractivity contribution in [3.63, 3.8) is 0 Å². The number of rotatable bonds is 1. The molecule has 6 nitrogen and oxygen atoms in total. The Morgan fingerprint density at radius 1 is 1.38 bits per heavy atom. The van der Waals surface area contributed by atoms with Crippen LogP contribution in [0, 0.1) is 11.6 Å². The molecule has 2 saturated heterocycles. The summed E-state index contributed by atoms with van der Waals surface area (Å²) in [5, 5.41) is 9.17. The number of benzene rings is 1. The zero-order chi connectivity index (χ0) is 17.0. The first-order chi connectivity index (χ1) is 11.5. The van der Waals surface area contributed by atoms with E-state index in [1.165, 1.54) is 11.0 Å². The number of aliphatic hydroxyl groups is 1. The van der Waals surface area contributed by atoms with Gasteiger partial charge in [0, 0.05) is 19.6 Å². The zero-order valence-electron chi connectivity index (χ0n) is 12.4. The molecule has 9 heteroatoms. The molecule has 2 aliphatic rings. The van der Waals surface area contributed by atoms with Crippen LogP contribution in [0.4, 0.5) is 8.78 Å². The quantitative estimate of drug-likeness (QED) is 0.812. The maximum absolute atomic E-state index is 14.6. The smallest absolute Gasteiger partial charge is 0.273 e. The number of halogens is 3. The predicted molar refractivity (Wildman–Crippen MR) is 81.6 cm³/mol. The molecule has 2 aliphatic heterocycles. The van der Waals surface area contributed by atoms with Crippen LogP contribution >= 0.6 is 11.6 Å². The van der Waals surface area contributed by atoms with Crippen molar-refractivity contribution in [1.29, 1.82) is 0 Å². The number of nitrogens with one attached hydrogen (secondary N) is 1. The van der Waals surface area contributed by atoms with Crippen LogP contribution in [0.15, 0.2) is 12.1 Å². The number of aliphatic hydroxyl groups excluding tert-OH is 1. The van der Waals surface area contributed by atoms with Crippen molar-refractivity contribution in [2.75, 3.05) is 26.2 Å². The summed E-state index contributed by atoms with van der Waals surface area (Å²) in [7, 11) is 0. The average Bonchev–Trinajstić information content (AvgIpc) is 3.11. The van der Waals surface area contributed by atoms with Crippen LogP contribution in [0.3, 0.4) is 0 Å². The lowest BCUT2D eigenvalue weighted by atomic mass is 10.2. The number of piperazine rings is 1. The van der Waals surface area contributed by atoms with Gasteiger partial charge in [-0.25, -0.2) is 13.7 Å². The molecule has 1 amide bonds. The van der Waals surface area contributed by atoms with E-state index in [0.29, 0.717) is 26.2 Å². The van der Waals surface area contributed by atoms with E-state index in [1.54, 1.807) is 4.90 Å². The van der Waals surface area contributed by atoms with Crippen molar-refractivity contribution in [2.24, 2.45) is 0 Å². The molecule has 1 aromatic heterocycles. The molecular formula is C15H14ClF2N3O3. The fourth-order valence-corrected chi connectivity index (χ4v) is 3.52. The lowest BCUT2D eigenvalue weighted by molar-refractivity contribution is -0.140. The Kier molecular flexibility index (Phi) is 3.72. The molecule has 2 aromatic rings. The first kappa shape index (κ1) is 15.8. The number of nitrogens with zero attached hydrogens (tertiary/aromatic N) is 2. The van der Waals surface area contributed by atoms with Crippen molar-refractivity contribution >= 4 is 28.4 Å². The van der Waals surface area contributed by atoms with Crippen LogP contribution in [0.2, 0.25) is 5.02 Å². The van der Waals surface area contributed by atoms with Crippen molar-refractivity contribution < 1.29 is 23.4 Å². The van der Waals surface area contributed by atoms with Crippen molar-refractivity contribution in [3.8, 4) is 0 Å². The maximum atomic E-state index is 14.6. The van der Waals surface area contributed by atoms with E-state index in [9.17, 15) is 18.7 Å². The minimum atomic E-state index is -0.959. The standard InChI is InChI=1S/C15H14ClF2N3O3/c16-11-8(17)1-2-9-10(11)12(18)13(19-9)14(22)20-3-4-21-7(5-20)6-24-15(21)23/h1-2,7,15,19,23H,3-6H2. The van der Waals surface area contributed by atoms with E-state index in [-0.39, 0.29) is 27.7 Å². The fourth-order valence-electron chi connectivity index (χ4n) is 3.28. The van der Waals surface area contributed by atoms with Gasteiger partial charge in [-0.05, 0) is 12.1 Å². The summed E-state index contributed by atoms with van der Waals surface area (Å²) >= 11 is 5.81. The highest BCUT2D eigenvalue weighted by Gasteiger charge is 2.39. The van der Waals surface area contributed by atoms with Crippen LogP contribution in [0.5, 0.6) is 0 Å². The van der Waals surface area contributed by atoms with E-state index in [2.05, 4.69) is 4.98 Å². The summed E-state index contributed by atoms with van der Waals surface area (Å²) in [6.07, 6.45) is -0.959. The molecule has 1 aromatic carbocycles. The Hall–Kier alpha value is -1.74. The number of H-pyrrole nitrogens is 1. The summed E-state index contributed by atoms with van der Waals surface area (Å²) in [6, 6.07) is 2.33. The largest absolute Gasteiger partial charge is 0.356 e. The highest BCUT2D eigenvalue weighted by Crippen LogP contribution is 2.31. The minimum Gasteiger partial charge on any atom is -0.356 e. The Morgan fingerprint density at radius 2 is 2.17 bits per heavy atom. The molecule has 3 heterocycles. The highest BCUT2D eigenvalue weighted by atomic mass is 35.5. The summed E-state index contributed by atoms with van der Waals surface area (Å²) < 4.78 is 33.3. The second-order valence-corrected chi connectivity index (χ2v) is 6.28. The van der Waals surface area contributed by atoms with Crippen molar-refractivity contribution in [1.82, 2.24) is 14.8 Å². The third-order valence-corrected chi connectivity index (χ3v) is 4.91. The average molecular weight is 358 g/mol. The number of ether oxygens (including phenoxy) is 1. The topological polar surface area (TPSA) is 68.8 Å². The molecule has 2 fully saturated rings.